The number of halogens is 1. The predicted molar refractivity (Wildman–Crippen MR) is 82.8 cm³/mol. The summed E-state index contributed by atoms with van der Waals surface area (Å²) >= 11 is 0. The average molecular weight is 286 g/mol. The van der Waals surface area contributed by atoms with Gasteiger partial charge in [-0.2, -0.15) is 0 Å². The van der Waals surface area contributed by atoms with E-state index in [9.17, 15) is 0 Å². The molecular formula is C18H20ClN. The second kappa shape index (κ2) is 6.25. The van der Waals surface area contributed by atoms with Crippen molar-refractivity contribution < 1.29 is 17.3 Å². The summed E-state index contributed by atoms with van der Waals surface area (Å²) in [4.78, 5) is 1.50. The molecule has 20 heavy (non-hydrogen) atoms. The molecule has 0 radical (unpaired) electrons. The third-order valence-corrected chi connectivity index (χ3v) is 3.76. The molecule has 2 heteroatoms. The monoisotopic (exact) mass is 285 g/mol. The van der Waals surface area contributed by atoms with Crippen LogP contribution in [-0.4, -0.2) is 20.6 Å². The zero-order chi connectivity index (χ0) is 13.2. The van der Waals surface area contributed by atoms with Crippen LogP contribution >= 0.6 is 0 Å². The lowest BCUT2D eigenvalue weighted by atomic mass is 9.95. The van der Waals surface area contributed by atoms with Crippen LogP contribution in [0.5, 0.6) is 0 Å². The van der Waals surface area contributed by atoms with Gasteiger partial charge in [-0.25, -0.2) is 0 Å². The first-order chi connectivity index (χ1) is 9.25. The minimum atomic E-state index is 0. The first kappa shape index (κ1) is 14.8. The lowest BCUT2D eigenvalue weighted by Gasteiger charge is -2.13. The van der Waals surface area contributed by atoms with E-state index in [1.165, 1.54) is 32.0 Å². The van der Waals surface area contributed by atoms with Gasteiger partial charge in [0.25, 0.3) is 0 Å². The molecule has 0 aliphatic carbocycles. The third kappa shape index (κ3) is 2.79. The Hall–Kier alpha value is -1.57. The number of fused-ring (bicyclic) bond motifs is 2. The zero-order valence-corrected chi connectivity index (χ0v) is 12.7. The fourth-order valence-corrected chi connectivity index (χ4v) is 2.75. The topological polar surface area (TPSA) is 4.44 Å². The Morgan fingerprint density at radius 1 is 0.800 bits per heavy atom. The summed E-state index contributed by atoms with van der Waals surface area (Å²) in [5.41, 5.74) is 1.50. The highest BCUT2D eigenvalue weighted by Crippen LogP contribution is 2.28. The van der Waals surface area contributed by atoms with Crippen molar-refractivity contribution in [3.8, 4) is 0 Å². The first-order valence-corrected chi connectivity index (χ1v) is 6.94. The van der Waals surface area contributed by atoms with Gasteiger partial charge in [0.2, 0.25) is 0 Å². The molecule has 1 nitrogen and oxygen atoms in total. The summed E-state index contributed by atoms with van der Waals surface area (Å²) in [6.07, 6.45) is 1.13. The molecule has 0 saturated heterocycles. The highest BCUT2D eigenvalue weighted by molar-refractivity contribution is 6.02. The van der Waals surface area contributed by atoms with Crippen molar-refractivity contribution in [3.63, 3.8) is 0 Å². The van der Waals surface area contributed by atoms with E-state index in [0.717, 1.165) is 13.0 Å². The van der Waals surface area contributed by atoms with Crippen LogP contribution < -0.4 is 17.3 Å². The molecule has 3 aromatic rings. The van der Waals surface area contributed by atoms with Gasteiger partial charge in [0.15, 0.2) is 0 Å². The fourth-order valence-electron chi connectivity index (χ4n) is 2.75. The van der Waals surface area contributed by atoms with E-state index in [4.69, 9.17) is 0 Å². The Kier molecular flexibility index (Phi) is 4.64. The SMILES string of the molecule is C[NH+](C)CCc1c2ccccc2cc2ccccc12.[Cl-]. The van der Waals surface area contributed by atoms with Crippen molar-refractivity contribution in [1.82, 2.24) is 0 Å². The summed E-state index contributed by atoms with van der Waals surface area (Å²) in [6, 6.07) is 19.8. The van der Waals surface area contributed by atoms with Crippen LogP contribution in [0.4, 0.5) is 0 Å². The Bertz CT molecular complexity index is 665. The Morgan fingerprint density at radius 2 is 1.30 bits per heavy atom. The van der Waals surface area contributed by atoms with Crippen LogP contribution in [0.1, 0.15) is 5.56 Å². The molecule has 104 valence electrons. The molecule has 0 saturated carbocycles. The first-order valence-electron chi connectivity index (χ1n) is 6.94. The molecular weight excluding hydrogens is 266 g/mol. The summed E-state index contributed by atoms with van der Waals surface area (Å²) in [5.74, 6) is 0. The maximum Gasteiger partial charge on any atom is 0.0808 e. The fraction of sp³-hybridized carbons (Fsp3) is 0.222. The molecule has 0 fully saturated rings. The summed E-state index contributed by atoms with van der Waals surface area (Å²) < 4.78 is 0. The molecule has 0 aliphatic rings. The number of nitrogens with one attached hydrogen (secondary N) is 1. The number of benzene rings is 3. The van der Waals surface area contributed by atoms with Crippen molar-refractivity contribution >= 4 is 21.5 Å². The van der Waals surface area contributed by atoms with Gasteiger partial charge in [-0.15, -0.1) is 0 Å². The van der Waals surface area contributed by atoms with Gasteiger partial charge in [-0.3, -0.25) is 0 Å². The maximum absolute atomic E-state index is 2.30. The summed E-state index contributed by atoms with van der Waals surface area (Å²) in [5, 5.41) is 5.51. The minimum absolute atomic E-state index is 0. The second-order valence-corrected chi connectivity index (χ2v) is 5.50. The van der Waals surface area contributed by atoms with Crippen LogP contribution in [0.3, 0.4) is 0 Å². The molecule has 0 atom stereocenters. The normalized spacial score (nSPS) is 10.9. The molecule has 0 spiro atoms. The van der Waals surface area contributed by atoms with Crippen molar-refractivity contribution in [3.05, 3.63) is 60.2 Å². The molecule has 0 bridgehead atoms. The van der Waals surface area contributed by atoms with Gasteiger partial charge in [-0.05, 0) is 33.2 Å². The smallest absolute Gasteiger partial charge is 0.0808 e. The van der Waals surface area contributed by atoms with E-state index in [-0.39, 0.29) is 12.4 Å². The number of quaternary nitrogens is 1. The predicted octanol–water partition coefficient (Wildman–Crippen LogP) is -0.316. The van der Waals surface area contributed by atoms with Crippen LogP contribution in [0.25, 0.3) is 21.5 Å². The lowest BCUT2D eigenvalue weighted by molar-refractivity contribution is -0.857. The molecule has 3 aromatic carbocycles. The van der Waals surface area contributed by atoms with Crippen LogP contribution in [0.2, 0.25) is 0 Å². The molecule has 0 aliphatic heterocycles. The van der Waals surface area contributed by atoms with E-state index < -0.39 is 0 Å². The second-order valence-electron chi connectivity index (χ2n) is 5.50. The summed E-state index contributed by atoms with van der Waals surface area (Å²) in [6.45, 7) is 1.16. The van der Waals surface area contributed by atoms with Gasteiger partial charge in [0.05, 0.1) is 20.6 Å². The number of hydrogen-bond acceptors (Lipinski definition) is 0. The highest BCUT2D eigenvalue weighted by Gasteiger charge is 2.08. The Balaban J connectivity index is 0.00000147. The van der Waals surface area contributed by atoms with E-state index in [1.54, 1.807) is 0 Å². The quantitative estimate of drug-likeness (QED) is 0.630. The Labute approximate surface area is 126 Å². The molecule has 0 aromatic heterocycles. The number of hydrogen-bond donors (Lipinski definition) is 1. The van der Waals surface area contributed by atoms with Crippen molar-refractivity contribution in [1.29, 1.82) is 0 Å². The van der Waals surface area contributed by atoms with Gasteiger partial charge < -0.3 is 17.3 Å². The molecule has 0 unspecified atom stereocenters. The minimum Gasteiger partial charge on any atom is -1.00 e. The van der Waals surface area contributed by atoms with Crippen molar-refractivity contribution in [2.24, 2.45) is 0 Å². The Morgan fingerprint density at radius 3 is 1.80 bits per heavy atom. The third-order valence-electron chi connectivity index (χ3n) is 3.76. The van der Waals surface area contributed by atoms with E-state index in [1.807, 2.05) is 0 Å². The van der Waals surface area contributed by atoms with Crippen molar-refractivity contribution in [2.75, 3.05) is 20.6 Å². The maximum atomic E-state index is 2.30. The molecule has 0 amide bonds. The van der Waals surface area contributed by atoms with Crippen LogP contribution in [0, 0.1) is 0 Å². The van der Waals surface area contributed by atoms with Crippen molar-refractivity contribution in [2.45, 2.75) is 6.42 Å². The van der Waals surface area contributed by atoms with Crippen LogP contribution in [0.15, 0.2) is 54.6 Å². The van der Waals surface area contributed by atoms with Gasteiger partial charge >= 0.3 is 0 Å². The summed E-state index contributed by atoms with van der Waals surface area (Å²) in [7, 11) is 4.43. The molecule has 3 rings (SSSR count). The number of rotatable bonds is 3. The molecule has 0 heterocycles. The van der Waals surface area contributed by atoms with Gasteiger partial charge in [0.1, 0.15) is 0 Å². The van der Waals surface area contributed by atoms with Gasteiger partial charge in [-0.1, -0.05) is 48.5 Å². The van der Waals surface area contributed by atoms with Crippen LogP contribution in [-0.2, 0) is 6.42 Å². The van der Waals surface area contributed by atoms with E-state index >= 15 is 0 Å². The lowest BCUT2D eigenvalue weighted by Crippen LogP contribution is -3.05. The van der Waals surface area contributed by atoms with E-state index in [0.29, 0.717) is 0 Å². The molecule has 1 N–H and O–H groups in total. The van der Waals surface area contributed by atoms with E-state index in [2.05, 4.69) is 68.7 Å². The van der Waals surface area contributed by atoms with Gasteiger partial charge in [0, 0.05) is 6.42 Å². The standard InChI is InChI=1S/C18H19N.ClH/c1-19(2)12-11-18-16-9-5-3-7-14(16)13-15-8-4-6-10-17(15)18;/h3-10,13H,11-12H2,1-2H3;1H. The number of likely N-dealkylation sites (N-methyl/N-ethyl adjacent to an activating group) is 1. The highest BCUT2D eigenvalue weighted by atomic mass is 35.5. The average Bonchev–Trinajstić information content (AvgIpc) is 2.43. The largest absolute Gasteiger partial charge is 1.00 e. The zero-order valence-electron chi connectivity index (χ0n) is 12.0.